The molecule has 0 radical (unpaired) electrons. The van der Waals surface area contributed by atoms with Crippen LogP contribution in [0.4, 0.5) is 33.3 Å². The van der Waals surface area contributed by atoms with Crippen LogP contribution in [0, 0.1) is 42.9 Å². The maximum atomic E-state index is 15.5. The zero-order chi connectivity index (χ0) is 28.4. The number of nitrogens with zero attached hydrogens (tertiary/aromatic N) is 3. The lowest BCUT2D eigenvalue weighted by atomic mass is 10.1. The average molecular weight is 557 g/mol. The van der Waals surface area contributed by atoms with Crippen molar-refractivity contribution in [3.05, 3.63) is 94.4 Å². The molecule has 1 saturated heterocycles. The monoisotopic (exact) mass is 556 g/mol. The summed E-state index contributed by atoms with van der Waals surface area (Å²) in [5, 5.41) is 3.47. The molecule has 0 bridgehead atoms. The quantitative estimate of drug-likeness (QED) is 0.252. The molecule has 4 aromatic rings. The fraction of sp³-hybridized carbons (Fsp3) is 0.300. The van der Waals surface area contributed by atoms with Gasteiger partial charge >= 0.3 is 0 Å². The Hall–Kier alpha value is -3.76. The maximum Gasteiger partial charge on any atom is 0.194 e. The second-order valence-electron chi connectivity index (χ2n) is 9.97. The molecule has 1 fully saturated rings. The number of benzene rings is 3. The highest BCUT2D eigenvalue weighted by molar-refractivity contribution is 5.93. The van der Waals surface area contributed by atoms with E-state index in [1.165, 1.54) is 19.1 Å². The van der Waals surface area contributed by atoms with Crippen molar-refractivity contribution < 1.29 is 26.7 Å². The van der Waals surface area contributed by atoms with Crippen LogP contribution in [-0.4, -0.2) is 54.1 Å². The number of piperazine rings is 1. The molecule has 1 aliphatic heterocycles. The number of hydrogen-bond acceptors (Lipinski definition) is 5. The van der Waals surface area contributed by atoms with Gasteiger partial charge in [0.25, 0.3) is 0 Å². The summed E-state index contributed by atoms with van der Waals surface area (Å²) < 4.78 is 78.0. The zero-order valence-corrected chi connectivity index (χ0v) is 22.2. The molecular formula is C30H29F5N4O. The molecule has 0 aliphatic carbocycles. The smallest absolute Gasteiger partial charge is 0.194 e. The number of pyridine rings is 1. The Morgan fingerprint density at radius 3 is 2.23 bits per heavy atom. The molecule has 1 aliphatic rings. The fourth-order valence-corrected chi connectivity index (χ4v) is 4.95. The molecule has 0 saturated carbocycles. The molecule has 0 unspecified atom stereocenters. The van der Waals surface area contributed by atoms with Crippen LogP contribution in [0.1, 0.15) is 16.8 Å². The molecule has 0 spiro atoms. The Morgan fingerprint density at radius 2 is 1.50 bits per heavy atom. The number of aromatic nitrogens is 1. The van der Waals surface area contributed by atoms with E-state index < -0.39 is 40.5 Å². The van der Waals surface area contributed by atoms with E-state index in [2.05, 4.69) is 20.1 Å². The van der Waals surface area contributed by atoms with Crippen molar-refractivity contribution in [1.29, 1.82) is 0 Å². The van der Waals surface area contributed by atoms with E-state index >= 15 is 8.78 Å². The van der Waals surface area contributed by atoms with Crippen LogP contribution >= 0.6 is 0 Å². The highest BCUT2D eigenvalue weighted by Crippen LogP contribution is 2.37. The van der Waals surface area contributed by atoms with Gasteiger partial charge < -0.3 is 10.1 Å². The molecule has 3 aromatic carbocycles. The van der Waals surface area contributed by atoms with Gasteiger partial charge in [-0.25, -0.2) is 22.0 Å². The van der Waals surface area contributed by atoms with Gasteiger partial charge in [0.15, 0.2) is 23.2 Å². The fourth-order valence-electron chi connectivity index (χ4n) is 4.95. The predicted molar refractivity (Wildman–Crippen MR) is 144 cm³/mol. The van der Waals surface area contributed by atoms with E-state index in [0.717, 1.165) is 6.07 Å². The molecule has 210 valence electrons. The van der Waals surface area contributed by atoms with Crippen LogP contribution < -0.4 is 10.1 Å². The largest absolute Gasteiger partial charge is 0.486 e. The number of aryl methyl sites for hydroxylation is 1. The number of hydrogen-bond donors (Lipinski definition) is 1. The molecule has 2 heterocycles. The van der Waals surface area contributed by atoms with Crippen molar-refractivity contribution in [3.63, 3.8) is 0 Å². The lowest BCUT2D eigenvalue weighted by Gasteiger charge is -2.34. The first-order valence-electron chi connectivity index (χ1n) is 13.0. The molecular weight excluding hydrogens is 527 g/mol. The number of ether oxygens (including phenoxy) is 1. The average Bonchev–Trinajstić information content (AvgIpc) is 2.92. The van der Waals surface area contributed by atoms with Crippen molar-refractivity contribution in [2.75, 3.05) is 44.6 Å². The van der Waals surface area contributed by atoms with E-state index in [0.29, 0.717) is 67.1 Å². The van der Waals surface area contributed by atoms with Gasteiger partial charge in [-0.15, -0.1) is 0 Å². The summed E-state index contributed by atoms with van der Waals surface area (Å²) in [6.07, 6.45) is 0. The minimum Gasteiger partial charge on any atom is -0.486 e. The van der Waals surface area contributed by atoms with Crippen molar-refractivity contribution in [2.24, 2.45) is 0 Å². The Bertz CT molecular complexity index is 1520. The summed E-state index contributed by atoms with van der Waals surface area (Å²) >= 11 is 0. The lowest BCUT2D eigenvalue weighted by Crippen LogP contribution is -2.47. The zero-order valence-electron chi connectivity index (χ0n) is 22.2. The maximum absolute atomic E-state index is 15.5. The first-order chi connectivity index (χ1) is 19.2. The summed E-state index contributed by atoms with van der Waals surface area (Å²) in [5.41, 5.74) is 1.47. The lowest BCUT2D eigenvalue weighted by molar-refractivity contribution is 0.110. The number of rotatable bonds is 8. The van der Waals surface area contributed by atoms with Gasteiger partial charge in [0.05, 0.1) is 5.52 Å². The van der Waals surface area contributed by atoms with Crippen LogP contribution in [0.3, 0.4) is 0 Å². The van der Waals surface area contributed by atoms with Crippen molar-refractivity contribution in [1.82, 2.24) is 14.8 Å². The predicted octanol–water partition coefficient (Wildman–Crippen LogP) is 6.49. The molecule has 1 aromatic heterocycles. The highest BCUT2D eigenvalue weighted by atomic mass is 19.2. The first-order valence-corrected chi connectivity index (χ1v) is 13.0. The van der Waals surface area contributed by atoms with Crippen LogP contribution in [0.25, 0.3) is 10.9 Å². The van der Waals surface area contributed by atoms with Gasteiger partial charge in [0, 0.05) is 67.7 Å². The van der Waals surface area contributed by atoms with Gasteiger partial charge in [0.1, 0.15) is 23.9 Å². The Balaban J connectivity index is 1.24. The third-order valence-corrected chi connectivity index (χ3v) is 7.05. The SMILES string of the molecule is Cc1cc(Nc2c(F)c(C)c(F)c(OCCN3CCN(Cc4cc(F)cc(F)c4)CC3)c2F)c2ccccc2n1. The van der Waals surface area contributed by atoms with Gasteiger partial charge in [-0.3, -0.25) is 14.8 Å². The summed E-state index contributed by atoms with van der Waals surface area (Å²) in [4.78, 5) is 8.59. The molecule has 1 N–H and O–H groups in total. The standard InChI is InChI=1S/C30H29F5N4O/c1-18-13-25(23-5-3-4-6-24(23)36-18)37-29-26(33)19(2)27(34)30(28(29)35)40-12-11-38-7-9-39(10-8-38)17-20-14-21(31)16-22(32)15-20/h3-6,13-16H,7-12,17H2,1-2H3,(H,36,37). The van der Waals surface area contributed by atoms with Gasteiger partial charge in [-0.2, -0.15) is 0 Å². The van der Waals surface area contributed by atoms with E-state index in [1.54, 1.807) is 31.2 Å². The topological polar surface area (TPSA) is 40.6 Å². The van der Waals surface area contributed by atoms with Gasteiger partial charge in [-0.05, 0) is 43.7 Å². The molecule has 0 atom stereocenters. The van der Waals surface area contributed by atoms with Crippen LogP contribution in [0.15, 0.2) is 48.5 Å². The number of fused-ring (bicyclic) bond motifs is 1. The number of halogens is 5. The summed E-state index contributed by atoms with van der Waals surface area (Å²) in [6, 6.07) is 12.3. The van der Waals surface area contributed by atoms with Crippen molar-refractivity contribution in [3.8, 4) is 5.75 Å². The highest BCUT2D eigenvalue weighted by Gasteiger charge is 2.25. The van der Waals surface area contributed by atoms with E-state index in [4.69, 9.17) is 4.74 Å². The number of nitrogens with one attached hydrogen (secondary N) is 1. The van der Waals surface area contributed by atoms with Crippen molar-refractivity contribution in [2.45, 2.75) is 20.4 Å². The van der Waals surface area contributed by atoms with Gasteiger partial charge in [-0.1, -0.05) is 18.2 Å². The second-order valence-corrected chi connectivity index (χ2v) is 9.97. The van der Waals surface area contributed by atoms with E-state index in [-0.39, 0.29) is 12.2 Å². The Kier molecular flexibility index (Phi) is 8.18. The van der Waals surface area contributed by atoms with Crippen LogP contribution in [0.5, 0.6) is 5.75 Å². The number of anilines is 2. The molecule has 5 nitrogen and oxygen atoms in total. The van der Waals surface area contributed by atoms with Gasteiger partial charge in [0.2, 0.25) is 0 Å². The summed E-state index contributed by atoms with van der Waals surface area (Å²) in [6.45, 7) is 6.43. The van der Waals surface area contributed by atoms with Crippen LogP contribution in [-0.2, 0) is 6.54 Å². The molecule has 10 heteroatoms. The molecule has 5 rings (SSSR count). The third kappa shape index (κ3) is 6.03. The van der Waals surface area contributed by atoms with Crippen LogP contribution in [0.2, 0.25) is 0 Å². The second kappa shape index (κ2) is 11.8. The minimum atomic E-state index is -1.15. The minimum absolute atomic E-state index is 0.00917. The Labute approximate surface area is 229 Å². The van der Waals surface area contributed by atoms with E-state index in [1.807, 2.05) is 6.07 Å². The van der Waals surface area contributed by atoms with E-state index in [9.17, 15) is 13.2 Å². The number of para-hydroxylation sites is 1. The molecule has 0 amide bonds. The third-order valence-electron chi connectivity index (χ3n) is 7.05. The summed E-state index contributed by atoms with van der Waals surface area (Å²) in [5.74, 6) is -5.11. The van der Waals surface area contributed by atoms with Crippen molar-refractivity contribution >= 4 is 22.3 Å². The summed E-state index contributed by atoms with van der Waals surface area (Å²) in [7, 11) is 0. The normalized spacial score (nSPS) is 14.6. The molecule has 40 heavy (non-hydrogen) atoms. The Morgan fingerprint density at radius 1 is 0.825 bits per heavy atom. The first kappa shape index (κ1) is 27.8.